The first-order chi connectivity index (χ1) is 14.0. The fraction of sp³-hybridized carbons (Fsp3) is 0.250. The molecule has 9 heteroatoms. The van der Waals surface area contributed by atoms with Crippen molar-refractivity contribution in [1.82, 2.24) is 25.2 Å². The van der Waals surface area contributed by atoms with Gasteiger partial charge in [0.15, 0.2) is 4.77 Å². The van der Waals surface area contributed by atoms with Gasteiger partial charge in [-0.25, -0.2) is 0 Å². The van der Waals surface area contributed by atoms with Crippen LogP contribution in [0.5, 0.6) is 0 Å². The number of fused-ring (bicyclic) bond motifs is 1. The van der Waals surface area contributed by atoms with Gasteiger partial charge >= 0.3 is 0 Å². The molecule has 0 radical (unpaired) electrons. The summed E-state index contributed by atoms with van der Waals surface area (Å²) in [6.45, 7) is 0.803. The Balaban J connectivity index is 1.44. The lowest BCUT2D eigenvalue weighted by atomic mass is 10.2. The highest BCUT2D eigenvalue weighted by molar-refractivity contribution is 7.71. The maximum absolute atomic E-state index is 12.5. The normalized spacial score (nSPS) is 10.6. The number of nitrogens with one attached hydrogen (secondary N) is 3. The summed E-state index contributed by atoms with van der Waals surface area (Å²) in [4.78, 5) is 43.4. The van der Waals surface area contributed by atoms with Gasteiger partial charge in [0, 0.05) is 44.9 Å². The molecule has 2 heterocycles. The Hall–Kier alpha value is -3.33. The summed E-state index contributed by atoms with van der Waals surface area (Å²) in [6, 6.07) is 10.7. The monoisotopic (exact) mass is 411 g/mol. The largest absolute Gasteiger partial charge is 0.356 e. The molecular weight excluding hydrogens is 390 g/mol. The van der Waals surface area contributed by atoms with Crippen LogP contribution in [-0.2, 0) is 22.7 Å². The lowest BCUT2D eigenvalue weighted by Crippen LogP contribution is -2.32. The molecule has 0 atom stereocenters. The molecule has 29 heavy (non-hydrogen) atoms. The zero-order chi connectivity index (χ0) is 20.6. The smallest absolute Gasteiger partial charge is 0.262 e. The van der Waals surface area contributed by atoms with E-state index >= 15 is 0 Å². The number of aromatic amines is 1. The third kappa shape index (κ3) is 5.58. The van der Waals surface area contributed by atoms with E-state index in [-0.39, 0.29) is 48.1 Å². The molecule has 0 aliphatic heterocycles. The van der Waals surface area contributed by atoms with Gasteiger partial charge in [0.05, 0.1) is 10.9 Å². The number of nitrogens with zero attached hydrogens (tertiary/aromatic N) is 2. The van der Waals surface area contributed by atoms with Crippen molar-refractivity contribution in [2.24, 2.45) is 0 Å². The minimum absolute atomic E-state index is 0.0916. The van der Waals surface area contributed by atoms with Gasteiger partial charge in [0.1, 0.15) is 0 Å². The quantitative estimate of drug-likeness (QED) is 0.489. The van der Waals surface area contributed by atoms with Crippen LogP contribution in [0.3, 0.4) is 0 Å². The van der Waals surface area contributed by atoms with Crippen molar-refractivity contribution in [2.45, 2.75) is 25.9 Å². The molecule has 2 amide bonds. The molecule has 3 N–H and O–H groups in total. The van der Waals surface area contributed by atoms with Gasteiger partial charge < -0.3 is 15.6 Å². The van der Waals surface area contributed by atoms with Gasteiger partial charge in [-0.15, -0.1) is 0 Å². The standard InChI is InChI=1S/C20H21N5O3S/c26-17(23-13-14-5-9-21-10-6-14)7-11-22-18(27)8-12-25-19(28)15-3-1-2-4-16(15)24-20(25)29/h1-6,9-10H,7-8,11-13H2,(H,22,27)(H,23,26)(H,24,29). The molecule has 3 rings (SSSR count). The third-order valence-corrected chi connectivity index (χ3v) is 4.69. The van der Waals surface area contributed by atoms with Crippen molar-refractivity contribution < 1.29 is 9.59 Å². The maximum atomic E-state index is 12.5. The van der Waals surface area contributed by atoms with Crippen molar-refractivity contribution in [3.63, 3.8) is 0 Å². The highest BCUT2D eigenvalue weighted by Gasteiger charge is 2.08. The number of hydrogen-bond donors (Lipinski definition) is 3. The maximum Gasteiger partial charge on any atom is 0.262 e. The number of hydrogen-bond acceptors (Lipinski definition) is 5. The third-order valence-electron chi connectivity index (χ3n) is 4.37. The highest BCUT2D eigenvalue weighted by Crippen LogP contribution is 2.06. The van der Waals surface area contributed by atoms with Crippen LogP contribution in [0.15, 0.2) is 53.6 Å². The Kier molecular flexibility index (Phi) is 6.85. The molecule has 0 aliphatic rings. The SMILES string of the molecule is O=C(CCn1c(=S)[nH]c2ccccc2c1=O)NCCC(=O)NCc1ccncc1. The second-order valence-corrected chi connectivity index (χ2v) is 6.80. The van der Waals surface area contributed by atoms with Gasteiger partial charge in [0.25, 0.3) is 5.56 Å². The summed E-state index contributed by atoms with van der Waals surface area (Å²) in [5.41, 5.74) is 1.39. The summed E-state index contributed by atoms with van der Waals surface area (Å²) in [5, 5.41) is 5.99. The van der Waals surface area contributed by atoms with Crippen LogP contribution < -0.4 is 16.2 Å². The summed E-state index contributed by atoms with van der Waals surface area (Å²) in [7, 11) is 0. The van der Waals surface area contributed by atoms with Gasteiger partial charge in [0.2, 0.25) is 11.8 Å². The van der Waals surface area contributed by atoms with E-state index in [1.165, 1.54) is 4.57 Å². The van der Waals surface area contributed by atoms with Crippen LogP contribution >= 0.6 is 12.2 Å². The number of carbonyl (C=O) groups is 2. The summed E-state index contributed by atoms with van der Waals surface area (Å²) >= 11 is 5.23. The van der Waals surface area contributed by atoms with Crippen molar-refractivity contribution in [3.8, 4) is 0 Å². The summed E-state index contributed by atoms with van der Waals surface area (Å²) < 4.78 is 1.65. The molecular formula is C20H21N5O3S. The predicted molar refractivity (Wildman–Crippen MR) is 112 cm³/mol. The van der Waals surface area contributed by atoms with Crippen molar-refractivity contribution in [1.29, 1.82) is 0 Å². The fourth-order valence-electron chi connectivity index (χ4n) is 2.81. The molecule has 8 nitrogen and oxygen atoms in total. The minimum atomic E-state index is -0.249. The lowest BCUT2D eigenvalue weighted by molar-refractivity contribution is -0.122. The summed E-state index contributed by atoms with van der Waals surface area (Å²) in [5.74, 6) is -0.406. The van der Waals surface area contributed by atoms with Gasteiger partial charge in [-0.3, -0.25) is 23.9 Å². The Bertz CT molecular complexity index is 1120. The van der Waals surface area contributed by atoms with Crippen LogP contribution in [-0.4, -0.2) is 32.9 Å². The number of benzene rings is 1. The molecule has 150 valence electrons. The Morgan fingerprint density at radius 3 is 2.55 bits per heavy atom. The van der Waals surface area contributed by atoms with Crippen LogP contribution in [0.2, 0.25) is 0 Å². The van der Waals surface area contributed by atoms with E-state index in [0.29, 0.717) is 17.4 Å². The van der Waals surface area contributed by atoms with Crippen LogP contribution in [0.4, 0.5) is 0 Å². The topological polar surface area (TPSA) is 109 Å². The second kappa shape index (κ2) is 9.74. The molecule has 0 saturated heterocycles. The molecule has 0 bridgehead atoms. The van der Waals surface area contributed by atoms with Gasteiger partial charge in [-0.2, -0.15) is 0 Å². The van der Waals surface area contributed by atoms with Crippen LogP contribution in [0.25, 0.3) is 10.9 Å². The molecule has 2 aromatic heterocycles. The van der Waals surface area contributed by atoms with Crippen LogP contribution in [0.1, 0.15) is 18.4 Å². The first-order valence-electron chi connectivity index (χ1n) is 9.19. The van der Waals surface area contributed by atoms with E-state index in [0.717, 1.165) is 5.56 Å². The molecule has 3 aromatic rings. The number of para-hydroxylation sites is 1. The molecule has 1 aromatic carbocycles. The average molecular weight is 411 g/mol. The predicted octanol–water partition coefficient (Wildman–Crippen LogP) is 1.67. The average Bonchev–Trinajstić information content (AvgIpc) is 2.73. The zero-order valence-electron chi connectivity index (χ0n) is 15.7. The Labute approximate surface area is 172 Å². The highest BCUT2D eigenvalue weighted by atomic mass is 32.1. The number of H-pyrrole nitrogens is 1. The van der Waals surface area contributed by atoms with E-state index in [1.807, 2.05) is 18.2 Å². The minimum Gasteiger partial charge on any atom is -0.356 e. The van der Waals surface area contributed by atoms with Crippen molar-refractivity contribution in [3.05, 3.63) is 69.5 Å². The van der Waals surface area contributed by atoms with Crippen molar-refractivity contribution in [2.75, 3.05) is 6.54 Å². The Morgan fingerprint density at radius 2 is 1.76 bits per heavy atom. The van der Waals surface area contributed by atoms with Crippen molar-refractivity contribution >= 4 is 34.9 Å². The van der Waals surface area contributed by atoms with Gasteiger partial charge in [-0.1, -0.05) is 12.1 Å². The van der Waals surface area contributed by atoms with Gasteiger partial charge in [-0.05, 0) is 42.0 Å². The number of aromatic nitrogens is 3. The molecule has 0 aliphatic carbocycles. The van der Waals surface area contributed by atoms with E-state index in [4.69, 9.17) is 12.2 Å². The first-order valence-corrected chi connectivity index (χ1v) is 9.59. The number of amides is 2. The molecule has 0 unspecified atom stereocenters. The second-order valence-electron chi connectivity index (χ2n) is 6.41. The van der Waals surface area contributed by atoms with E-state index < -0.39 is 0 Å². The summed E-state index contributed by atoms with van der Waals surface area (Å²) in [6.07, 6.45) is 3.59. The van der Waals surface area contributed by atoms with E-state index in [1.54, 1.807) is 30.6 Å². The fourth-order valence-corrected chi connectivity index (χ4v) is 3.09. The zero-order valence-corrected chi connectivity index (χ0v) is 16.5. The molecule has 0 spiro atoms. The van der Waals surface area contributed by atoms with Crippen LogP contribution in [0, 0.1) is 4.77 Å². The number of rotatable bonds is 8. The molecule has 0 saturated carbocycles. The number of carbonyl (C=O) groups excluding carboxylic acids is 2. The lowest BCUT2D eigenvalue weighted by Gasteiger charge is -2.09. The first kappa shape index (κ1) is 20.4. The van der Waals surface area contributed by atoms with E-state index in [2.05, 4.69) is 20.6 Å². The number of pyridine rings is 1. The Morgan fingerprint density at radius 1 is 1.03 bits per heavy atom. The molecule has 0 fully saturated rings. The van der Waals surface area contributed by atoms with E-state index in [9.17, 15) is 14.4 Å².